The molecule has 1 amide bonds. The van der Waals surface area contributed by atoms with Crippen LogP contribution in [0.5, 0.6) is 5.75 Å². The third kappa shape index (κ3) is 4.14. The topological polar surface area (TPSA) is 32.8 Å². The highest BCUT2D eigenvalue weighted by molar-refractivity contribution is 6.30. The van der Waals surface area contributed by atoms with E-state index in [4.69, 9.17) is 16.3 Å². The van der Waals surface area contributed by atoms with Crippen LogP contribution in [0.3, 0.4) is 0 Å². The Balaban J connectivity index is 1.39. The van der Waals surface area contributed by atoms with Crippen molar-refractivity contribution in [1.29, 1.82) is 0 Å². The van der Waals surface area contributed by atoms with Gasteiger partial charge < -0.3 is 14.5 Å². The molecule has 0 unspecified atom stereocenters. The molecular formula is C17H23ClN2O2. The molecule has 1 aromatic rings. The number of nitrogens with zero attached hydrogens (tertiary/aromatic N) is 2. The van der Waals surface area contributed by atoms with Gasteiger partial charge in [-0.25, -0.2) is 0 Å². The molecule has 2 aliphatic heterocycles. The first-order valence-electron chi connectivity index (χ1n) is 8.13. The molecule has 2 saturated heterocycles. The first-order valence-corrected chi connectivity index (χ1v) is 8.51. The summed E-state index contributed by atoms with van der Waals surface area (Å²) >= 11 is 5.98. The zero-order valence-corrected chi connectivity index (χ0v) is 13.6. The van der Waals surface area contributed by atoms with Gasteiger partial charge in [-0.2, -0.15) is 0 Å². The fraction of sp³-hybridized carbons (Fsp3) is 0.588. The van der Waals surface area contributed by atoms with Gasteiger partial charge in [-0.1, -0.05) is 17.7 Å². The first-order chi connectivity index (χ1) is 10.7. The minimum atomic E-state index is 0.267. The second kappa shape index (κ2) is 7.34. The van der Waals surface area contributed by atoms with Crippen molar-refractivity contribution < 1.29 is 9.53 Å². The van der Waals surface area contributed by atoms with Crippen molar-refractivity contribution in [2.24, 2.45) is 0 Å². The molecular weight excluding hydrogens is 300 g/mol. The van der Waals surface area contributed by atoms with Crippen LogP contribution in [0, 0.1) is 0 Å². The van der Waals surface area contributed by atoms with E-state index in [0.29, 0.717) is 10.9 Å². The van der Waals surface area contributed by atoms with Gasteiger partial charge >= 0.3 is 0 Å². The highest BCUT2D eigenvalue weighted by atomic mass is 35.5. The lowest BCUT2D eigenvalue weighted by Gasteiger charge is -2.33. The number of carbonyl (C=O) groups is 1. The van der Waals surface area contributed by atoms with Crippen LogP contribution in [0.15, 0.2) is 24.3 Å². The number of rotatable bonds is 5. The van der Waals surface area contributed by atoms with Crippen LogP contribution in [0.1, 0.15) is 25.7 Å². The largest absolute Gasteiger partial charge is 0.490 e. The maximum Gasteiger partial charge on any atom is 0.222 e. The molecule has 0 aliphatic carbocycles. The number of likely N-dealkylation sites (tertiary alicyclic amines) is 2. The predicted octanol–water partition coefficient (Wildman–Crippen LogP) is 2.81. The Labute approximate surface area is 137 Å². The molecule has 3 rings (SSSR count). The molecule has 1 aromatic carbocycles. The van der Waals surface area contributed by atoms with Gasteiger partial charge in [-0.15, -0.1) is 0 Å². The molecule has 120 valence electrons. The molecule has 2 fully saturated rings. The SMILES string of the molecule is O=C1CCCN1CCN1CCC(Oc2cccc(Cl)c2)CC1. The first kappa shape index (κ1) is 15.6. The van der Waals surface area contributed by atoms with Gasteiger partial charge in [0.2, 0.25) is 5.91 Å². The third-order valence-corrected chi connectivity index (χ3v) is 4.73. The lowest BCUT2D eigenvalue weighted by molar-refractivity contribution is -0.127. The van der Waals surface area contributed by atoms with Crippen LogP contribution >= 0.6 is 11.6 Å². The summed E-state index contributed by atoms with van der Waals surface area (Å²) in [5.41, 5.74) is 0. The average molecular weight is 323 g/mol. The number of halogens is 1. The predicted molar refractivity (Wildman–Crippen MR) is 87.4 cm³/mol. The molecule has 5 heteroatoms. The quantitative estimate of drug-likeness (QED) is 0.835. The highest BCUT2D eigenvalue weighted by Gasteiger charge is 2.23. The van der Waals surface area contributed by atoms with Crippen LogP contribution in [-0.2, 0) is 4.79 Å². The Morgan fingerprint density at radius 3 is 2.68 bits per heavy atom. The minimum Gasteiger partial charge on any atom is -0.490 e. The van der Waals surface area contributed by atoms with Crippen LogP contribution in [0.4, 0.5) is 0 Å². The molecule has 0 aromatic heterocycles. The lowest BCUT2D eigenvalue weighted by Crippen LogP contribution is -2.42. The molecule has 4 nitrogen and oxygen atoms in total. The summed E-state index contributed by atoms with van der Waals surface area (Å²) in [5.74, 6) is 1.17. The van der Waals surface area contributed by atoms with Crippen molar-refractivity contribution in [3.8, 4) is 5.75 Å². The monoisotopic (exact) mass is 322 g/mol. The zero-order valence-electron chi connectivity index (χ0n) is 12.8. The molecule has 2 aliphatic rings. The Hall–Kier alpha value is -1.26. The molecule has 0 saturated carbocycles. The van der Waals surface area contributed by atoms with E-state index in [0.717, 1.165) is 64.2 Å². The van der Waals surface area contributed by atoms with Crippen LogP contribution in [-0.4, -0.2) is 54.5 Å². The molecule has 0 bridgehead atoms. The molecule has 22 heavy (non-hydrogen) atoms. The maximum atomic E-state index is 11.6. The third-order valence-electron chi connectivity index (χ3n) is 4.49. The molecule has 2 heterocycles. The summed E-state index contributed by atoms with van der Waals surface area (Å²) in [6.07, 6.45) is 4.08. The minimum absolute atomic E-state index is 0.267. The van der Waals surface area contributed by atoms with Crippen molar-refractivity contribution in [3.05, 3.63) is 29.3 Å². The second-order valence-corrected chi connectivity index (χ2v) is 6.54. The van der Waals surface area contributed by atoms with Gasteiger partial charge in [0, 0.05) is 44.2 Å². The van der Waals surface area contributed by atoms with Crippen LogP contribution in [0.25, 0.3) is 0 Å². The Morgan fingerprint density at radius 1 is 1.18 bits per heavy atom. The summed E-state index contributed by atoms with van der Waals surface area (Å²) in [5, 5.41) is 0.713. The number of amides is 1. The molecule has 0 N–H and O–H groups in total. The zero-order chi connectivity index (χ0) is 15.4. The maximum absolute atomic E-state index is 11.6. The number of benzene rings is 1. The van der Waals surface area contributed by atoms with E-state index in [1.165, 1.54) is 0 Å². The van der Waals surface area contributed by atoms with Gasteiger partial charge in [0.25, 0.3) is 0 Å². The van der Waals surface area contributed by atoms with Gasteiger partial charge in [0.05, 0.1) is 0 Å². The van der Waals surface area contributed by atoms with Gasteiger partial charge in [0.15, 0.2) is 0 Å². The lowest BCUT2D eigenvalue weighted by atomic mass is 10.1. The van der Waals surface area contributed by atoms with Crippen molar-refractivity contribution in [2.45, 2.75) is 31.8 Å². The van der Waals surface area contributed by atoms with E-state index in [-0.39, 0.29) is 6.10 Å². The number of ether oxygens (including phenoxy) is 1. The van der Waals surface area contributed by atoms with Crippen molar-refractivity contribution in [1.82, 2.24) is 9.80 Å². The number of hydrogen-bond donors (Lipinski definition) is 0. The van der Waals surface area contributed by atoms with Gasteiger partial charge in [-0.3, -0.25) is 4.79 Å². The number of carbonyl (C=O) groups excluding carboxylic acids is 1. The summed E-state index contributed by atoms with van der Waals surface area (Å²) in [6, 6.07) is 7.60. The van der Waals surface area contributed by atoms with E-state index in [1.54, 1.807) is 0 Å². The van der Waals surface area contributed by atoms with E-state index < -0.39 is 0 Å². The second-order valence-electron chi connectivity index (χ2n) is 6.10. The smallest absolute Gasteiger partial charge is 0.222 e. The van der Waals surface area contributed by atoms with Crippen LogP contribution < -0.4 is 4.74 Å². The van der Waals surface area contributed by atoms with E-state index in [2.05, 4.69) is 4.90 Å². The highest BCUT2D eigenvalue weighted by Crippen LogP contribution is 2.22. The number of hydrogen-bond acceptors (Lipinski definition) is 3. The van der Waals surface area contributed by atoms with E-state index in [9.17, 15) is 4.79 Å². The molecule has 0 atom stereocenters. The summed E-state index contributed by atoms with van der Waals surface area (Å²) in [7, 11) is 0. The standard InChI is InChI=1S/C17H23ClN2O2/c18-14-3-1-4-16(13-14)22-15-6-9-19(10-7-15)11-12-20-8-2-5-17(20)21/h1,3-4,13,15H,2,5-12H2. The average Bonchev–Trinajstić information content (AvgIpc) is 2.92. The summed E-state index contributed by atoms with van der Waals surface area (Å²) in [6.45, 7) is 4.86. The van der Waals surface area contributed by atoms with E-state index >= 15 is 0 Å². The van der Waals surface area contributed by atoms with Crippen molar-refractivity contribution in [3.63, 3.8) is 0 Å². The number of piperidine rings is 1. The van der Waals surface area contributed by atoms with E-state index in [1.807, 2.05) is 29.2 Å². The normalized spacial score (nSPS) is 20.6. The Kier molecular flexibility index (Phi) is 5.21. The fourth-order valence-electron chi connectivity index (χ4n) is 3.19. The molecule has 0 spiro atoms. The van der Waals surface area contributed by atoms with Gasteiger partial charge in [-0.05, 0) is 37.5 Å². The van der Waals surface area contributed by atoms with Crippen molar-refractivity contribution >= 4 is 17.5 Å². The van der Waals surface area contributed by atoms with Crippen molar-refractivity contribution in [2.75, 3.05) is 32.7 Å². The summed E-state index contributed by atoms with van der Waals surface area (Å²) < 4.78 is 6.00. The van der Waals surface area contributed by atoms with Crippen LogP contribution in [0.2, 0.25) is 5.02 Å². The molecule has 0 radical (unpaired) electrons. The summed E-state index contributed by atoms with van der Waals surface area (Å²) in [4.78, 5) is 16.0. The Bertz CT molecular complexity index is 515. The fourth-order valence-corrected chi connectivity index (χ4v) is 3.37. The van der Waals surface area contributed by atoms with Gasteiger partial charge in [0.1, 0.15) is 11.9 Å². The Morgan fingerprint density at radius 2 is 2.00 bits per heavy atom.